The molecule has 2 heterocycles. The van der Waals surface area contributed by atoms with Gasteiger partial charge in [0.25, 0.3) is 0 Å². The number of nitrogens with one attached hydrogen (secondary N) is 1. The monoisotopic (exact) mass is 301 g/mol. The normalized spacial score (nSPS) is 10.8. The molecule has 0 amide bonds. The zero-order valence-electron chi connectivity index (χ0n) is 11.5. The van der Waals surface area contributed by atoms with Crippen molar-refractivity contribution < 1.29 is 9.53 Å². The van der Waals surface area contributed by atoms with Gasteiger partial charge in [0.1, 0.15) is 17.2 Å². The summed E-state index contributed by atoms with van der Waals surface area (Å²) in [6.45, 7) is 3.16. The molecule has 0 radical (unpaired) electrons. The molecular formula is C15H12ClN3O2. The van der Waals surface area contributed by atoms with Crippen molar-refractivity contribution in [2.24, 2.45) is 0 Å². The lowest BCUT2D eigenvalue weighted by Gasteiger charge is -2.10. The smallest absolute Gasteiger partial charge is 0.308 e. The first-order valence-electron chi connectivity index (χ1n) is 6.34. The molecule has 0 aliphatic heterocycles. The standard InChI is InChI=1S/C15H12ClN3O2/c1-8-18-14(11-5-6-17-15(11)19-8)12-7-10(16)3-4-13(12)21-9(2)20/h3-7H,1-2H3,(H,17,18,19). The number of halogens is 1. The molecule has 1 aromatic carbocycles. The van der Waals surface area contributed by atoms with E-state index in [1.807, 2.05) is 6.07 Å². The van der Waals surface area contributed by atoms with Crippen molar-refractivity contribution in [3.63, 3.8) is 0 Å². The number of carbonyl (C=O) groups is 1. The third kappa shape index (κ3) is 2.60. The summed E-state index contributed by atoms with van der Waals surface area (Å²) in [5, 5.41) is 1.39. The number of fused-ring (bicyclic) bond motifs is 1. The van der Waals surface area contributed by atoms with Crippen LogP contribution in [-0.4, -0.2) is 20.9 Å². The van der Waals surface area contributed by atoms with Crippen LogP contribution in [0.15, 0.2) is 30.5 Å². The van der Waals surface area contributed by atoms with Crippen molar-refractivity contribution >= 4 is 28.6 Å². The highest BCUT2D eigenvalue weighted by molar-refractivity contribution is 6.31. The Kier molecular flexibility index (Phi) is 3.35. The number of H-pyrrole nitrogens is 1. The lowest BCUT2D eigenvalue weighted by Crippen LogP contribution is -2.03. The van der Waals surface area contributed by atoms with Crippen LogP contribution in [0.3, 0.4) is 0 Å². The van der Waals surface area contributed by atoms with E-state index in [-0.39, 0.29) is 0 Å². The molecule has 3 aromatic rings. The first kappa shape index (κ1) is 13.6. The number of hydrogen-bond acceptors (Lipinski definition) is 4. The van der Waals surface area contributed by atoms with Crippen LogP contribution in [0.25, 0.3) is 22.3 Å². The fraction of sp³-hybridized carbons (Fsp3) is 0.133. The van der Waals surface area contributed by atoms with Crippen molar-refractivity contribution in [2.75, 3.05) is 0 Å². The molecule has 21 heavy (non-hydrogen) atoms. The first-order chi connectivity index (χ1) is 10.0. The average Bonchev–Trinajstić information content (AvgIpc) is 2.87. The topological polar surface area (TPSA) is 67.9 Å². The zero-order chi connectivity index (χ0) is 15.0. The van der Waals surface area contributed by atoms with Gasteiger partial charge in [0.05, 0.1) is 5.69 Å². The summed E-state index contributed by atoms with van der Waals surface area (Å²) in [4.78, 5) is 23.1. The van der Waals surface area contributed by atoms with Crippen LogP contribution < -0.4 is 4.74 Å². The Morgan fingerprint density at radius 1 is 1.29 bits per heavy atom. The molecule has 3 rings (SSSR count). The van der Waals surface area contributed by atoms with Gasteiger partial charge in [0.2, 0.25) is 0 Å². The molecule has 0 saturated heterocycles. The molecule has 0 aliphatic carbocycles. The van der Waals surface area contributed by atoms with Gasteiger partial charge in [-0.25, -0.2) is 9.97 Å². The minimum Gasteiger partial charge on any atom is -0.426 e. The van der Waals surface area contributed by atoms with E-state index in [9.17, 15) is 4.79 Å². The van der Waals surface area contributed by atoms with Gasteiger partial charge in [-0.2, -0.15) is 0 Å². The van der Waals surface area contributed by atoms with E-state index in [1.165, 1.54) is 6.92 Å². The Hall–Kier alpha value is -2.40. The van der Waals surface area contributed by atoms with E-state index >= 15 is 0 Å². The van der Waals surface area contributed by atoms with Crippen LogP contribution >= 0.6 is 11.6 Å². The molecule has 1 N–H and O–H groups in total. The maximum atomic E-state index is 11.3. The van der Waals surface area contributed by atoms with Gasteiger partial charge < -0.3 is 9.72 Å². The Bertz CT molecular complexity index is 842. The van der Waals surface area contributed by atoms with Crippen molar-refractivity contribution in [1.82, 2.24) is 15.0 Å². The quantitative estimate of drug-likeness (QED) is 0.581. The van der Waals surface area contributed by atoms with Crippen LogP contribution in [-0.2, 0) is 4.79 Å². The molecule has 0 fully saturated rings. The highest BCUT2D eigenvalue weighted by atomic mass is 35.5. The lowest BCUT2D eigenvalue weighted by atomic mass is 10.1. The number of hydrogen-bond donors (Lipinski definition) is 1. The fourth-order valence-electron chi connectivity index (χ4n) is 2.19. The van der Waals surface area contributed by atoms with E-state index in [0.29, 0.717) is 27.9 Å². The number of ether oxygens (including phenoxy) is 1. The number of aryl methyl sites for hydroxylation is 1. The average molecular weight is 302 g/mol. The summed E-state index contributed by atoms with van der Waals surface area (Å²) in [5.74, 6) is 0.649. The number of esters is 1. The van der Waals surface area contributed by atoms with Crippen LogP contribution in [0, 0.1) is 6.92 Å². The number of carbonyl (C=O) groups excluding carboxylic acids is 1. The molecule has 5 nitrogen and oxygen atoms in total. The van der Waals surface area contributed by atoms with Gasteiger partial charge in [0, 0.05) is 29.1 Å². The number of benzene rings is 1. The van der Waals surface area contributed by atoms with Crippen LogP contribution in [0.4, 0.5) is 0 Å². The van der Waals surface area contributed by atoms with Gasteiger partial charge in [0.15, 0.2) is 0 Å². The van der Waals surface area contributed by atoms with Crippen molar-refractivity contribution in [2.45, 2.75) is 13.8 Å². The highest BCUT2D eigenvalue weighted by Gasteiger charge is 2.15. The maximum Gasteiger partial charge on any atom is 0.308 e. The summed E-state index contributed by atoms with van der Waals surface area (Å²) in [6.07, 6.45) is 1.79. The van der Waals surface area contributed by atoms with Gasteiger partial charge in [-0.15, -0.1) is 0 Å². The van der Waals surface area contributed by atoms with Crippen molar-refractivity contribution in [1.29, 1.82) is 0 Å². The molecule has 0 aliphatic rings. The summed E-state index contributed by atoms with van der Waals surface area (Å²) >= 11 is 6.08. The number of aromatic amines is 1. The molecule has 6 heteroatoms. The van der Waals surface area contributed by atoms with E-state index < -0.39 is 5.97 Å². The predicted octanol–water partition coefficient (Wildman–Crippen LogP) is 3.51. The second kappa shape index (κ2) is 5.18. The summed E-state index contributed by atoms with van der Waals surface area (Å²) in [7, 11) is 0. The number of nitrogens with zero attached hydrogens (tertiary/aromatic N) is 2. The van der Waals surface area contributed by atoms with Gasteiger partial charge in [-0.1, -0.05) is 11.6 Å². The molecule has 2 aromatic heterocycles. The van der Waals surface area contributed by atoms with Gasteiger partial charge in [-0.3, -0.25) is 4.79 Å². The minimum atomic E-state index is -0.394. The molecule has 0 unspecified atom stereocenters. The summed E-state index contributed by atoms with van der Waals surface area (Å²) < 4.78 is 5.25. The second-order valence-electron chi connectivity index (χ2n) is 4.59. The number of aromatic nitrogens is 3. The van der Waals surface area contributed by atoms with E-state index in [0.717, 1.165) is 11.0 Å². The fourth-order valence-corrected chi connectivity index (χ4v) is 2.36. The van der Waals surface area contributed by atoms with Crippen molar-refractivity contribution in [3.05, 3.63) is 41.3 Å². The zero-order valence-corrected chi connectivity index (χ0v) is 12.2. The lowest BCUT2D eigenvalue weighted by molar-refractivity contribution is -0.131. The minimum absolute atomic E-state index is 0.394. The van der Waals surface area contributed by atoms with Crippen molar-refractivity contribution in [3.8, 4) is 17.0 Å². The van der Waals surface area contributed by atoms with E-state index in [4.69, 9.17) is 16.3 Å². The predicted molar refractivity (Wildman–Crippen MR) is 80.4 cm³/mol. The molecule has 0 spiro atoms. The molecule has 106 valence electrons. The SMILES string of the molecule is CC(=O)Oc1ccc(Cl)cc1-c1nc(C)nc2[nH]ccc12. The molecular weight excluding hydrogens is 290 g/mol. The van der Waals surface area contributed by atoms with Crippen LogP contribution in [0.5, 0.6) is 5.75 Å². The third-order valence-corrected chi connectivity index (χ3v) is 3.21. The Morgan fingerprint density at radius 2 is 2.10 bits per heavy atom. The summed E-state index contributed by atoms with van der Waals surface area (Å²) in [5.41, 5.74) is 2.07. The molecule has 0 saturated carbocycles. The Labute approximate surface area is 125 Å². The van der Waals surface area contributed by atoms with E-state index in [2.05, 4.69) is 15.0 Å². The number of rotatable bonds is 2. The van der Waals surface area contributed by atoms with E-state index in [1.54, 1.807) is 31.3 Å². The molecule has 0 bridgehead atoms. The molecule has 0 atom stereocenters. The van der Waals surface area contributed by atoms with Gasteiger partial charge >= 0.3 is 5.97 Å². The Balaban J connectivity index is 2.28. The first-order valence-corrected chi connectivity index (χ1v) is 6.72. The largest absolute Gasteiger partial charge is 0.426 e. The maximum absolute atomic E-state index is 11.3. The summed E-state index contributed by atoms with van der Waals surface area (Å²) in [6, 6.07) is 6.94. The third-order valence-electron chi connectivity index (χ3n) is 2.98. The van der Waals surface area contributed by atoms with Gasteiger partial charge in [-0.05, 0) is 31.2 Å². The van der Waals surface area contributed by atoms with Crippen LogP contribution in [0.1, 0.15) is 12.7 Å². The van der Waals surface area contributed by atoms with Crippen LogP contribution in [0.2, 0.25) is 5.02 Å². The second-order valence-corrected chi connectivity index (χ2v) is 5.03. The highest BCUT2D eigenvalue weighted by Crippen LogP contribution is 2.35. The Morgan fingerprint density at radius 3 is 2.86 bits per heavy atom.